The van der Waals surface area contributed by atoms with Crippen LogP contribution in [0.5, 0.6) is 0 Å². The number of carbonyl (C=O) groups excluding carboxylic acids is 4. The van der Waals surface area contributed by atoms with E-state index in [4.69, 9.17) is 4.74 Å². The van der Waals surface area contributed by atoms with Crippen LogP contribution in [0.15, 0.2) is 54.6 Å². The van der Waals surface area contributed by atoms with Gasteiger partial charge in [0.05, 0.1) is 11.1 Å². The van der Waals surface area contributed by atoms with Crippen LogP contribution in [0.25, 0.3) is 0 Å². The molecule has 1 N–H and O–H groups in total. The molecule has 2 aromatic rings. The monoisotopic (exact) mass is 352 g/mol. The van der Waals surface area contributed by atoms with Gasteiger partial charge in [-0.3, -0.25) is 24.1 Å². The third-order valence-corrected chi connectivity index (χ3v) is 3.86. The molecule has 0 fully saturated rings. The van der Waals surface area contributed by atoms with Crippen molar-refractivity contribution in [3.8, 4) is 0 Å². The molecule has 0 aliphatic carbocycles. The van der Waals surface area contributed by atoms with Crippen molar-refractivity contribution < 1.29 is 23.9 Å². The summed E-state index contributed by atoms with van der Waals surface area (Å²) in [6.07, 6.45) is 0. The first-order valence-electron chi connectivity index (χ1n) is 7.97. The molecule has 0 bridgehead atoms. The van der Waals surface area contributed by atoms with Crippen LogP contribution in [0, 0.1) is 0 Å². The largest absolute Gasteiger partial charge is 0.454 e. The lowest BCUT2D eigenvalue weighted by Crippen LogP contribution is -2.37. The van der Waals surface area contributed by atoms with Crippen LogP contribution in [-0.4, -0.2) is 41.7 Å². The second-order valence-electron chi connectivity index (χ2n) is 5.67. The lowest BCUT2D eigenvalue weighted by molar-refractivity contribution is -0.148. The molecular formula is C19H16N2O5. The summed E-state index contributed by atoms with van der Waals surface area (Å²) in [6.45, 7) is -0.692. The number of rotatable bonds is 6. The van der Waals surface area contributed by atoms with E-state index in [2.05, 4.69) is 5.32 Å². The Balaban J connectivity index is 1.47. The number of fused-ring (bicyclic) bond motifs is 1. The van der Waals surface area contributed by atoms with Crippen LogP contribution in [0.1, 0.15) is 26.3 Å². The summed E-state index contributed by atoms with van der Waals surface area (Å²) < 4.78 is 4.85. The Morgan fingerprint density at radius 1 is 0.885 bits per heavy atom. The minimum Gasteiger partial charge on any atom is -0.454 e. The van der Waals surface area contributed by atoms with Gasteiger partial charge in [0.2, 0.25) is 0 Å². The minimum absolute atomic E-state index is 0.255. The van der Waals surface area contributed by atoms with Gasteiger partial charge in [-0.05, 0) is 17.7 Å². The number of nitrogens with one attached hydrogen (secondary N) is 1. The van der Waals surface area contributed by atoms with Gasteiger partial charge in [-0.2, -0.15) is 0 Å². The Labute approximate surface area is 149 Å². The van der Waals surface area contributed by atoms with Crippen molar-refractivity contribution in [2.75, 3.05) is 13.2 Å². The number of amides is 3. The number of nitrogens with zero attached hydrogens (tertiary/aromatic N) is 1. The summed E-state index contributed by atoms with van der Waals surface area (Å²) in [5.74, 6) is -2.38. The first-order chi connectivity index (χ1) is 12.6. The van der Waals surface area contributed by atoms with Gasteiger partial charge in [-0.1, -0.05) is 42.5 Å². The maximum Gasteiger partial charge on any atom is 0.326 e. The van der Waals surface area contributed by atoms with E-state index in [0.717, 1.165) is 10.5 Å². The smallest absolute Gasteiger partial charge is 0.326 e. The van der Waals surface area contributed by atoms with Gasteiger partial charge < -0.3 is 10.1 Å². The lowest BCUT2D eigenvalue weighted by atomic mass is 10.1. The van der Waals surface area contributed by atoms with E-state index in [-0.39, 0.29) is 11.1 Å². The number of hydrogen-bond acceptors (Lipinski definition) is 5. The molecule has 0 saturated carbocycles. The zero-order chi connectivity index (χ0) is 18.5. The Hall–Kier alpha value is -3.48. The van der Waals surface area contributed by atoms with Gasteiger partial charge in [-0.15, -0.1) is 0 Å². The van der Waals surface area contributed by atoms with Gasteiger partial charge in [0.1, 0.15) is 6.54 Å². The van der Waals surface area contributed by atoms with E-state index < -0.39 is 36.8 Å². The molecule has 0 saturated heterocycles. The molecule has 1 aliphatic rings. The molecule has 3 amide bonds. The summed E-state index contributed by atoms with van der Waals surface area (Å²) in [4.78, 5) is 48.7. The molecule has 0 aromatic heterocycles. The number of hydrogen-bond donors (Lipinski definition) is 1. The van der Waals surface area contributed by atoms with Crippen LogP contribution < -0.4 is 5.32 Å². The summed E-state index contributed by atoms with van der Waals surface area (Å²) in [6, 6.07) is 15.6. The van der Waals surface area contributed by atoms with Crippen molar-refractivity contribution in [2.45, 2.75) is 6.54 Å². The molecule has 1 heterocycles. The minimum atomic E-state index is -0.825. The molecule has 2 aromatic carbocycles. The summed E-state index contributed by atoms with van der Waals surface area (Å²) in [5.41, 5.74) is 1.43. The van der Waals surface area contributed by atoms with Crippen LogP contribution in [0.3, 0.4) is 0 Å². The highest BCUT2D eigenvalue weighted by Gasteiger charge is 2.36. The van der Waals surface area contributed by atoms with Crippen LogP contribution in [0.2, 0.25) is 0 Å². The van der Waals surface area contributed by atoms with Crippen molar-refractivity contribution in [3.63, 3.8) is 0 Å². The molecule has 0 unspecified atom stereocenters. The fourth-order valence-electron chi connectivity index (χ4n) is 2.55. The maximum atomic E-state index is 12.2. The van der Waals surface area contributed by atoms with E-state index in [9.17, 15) is 19.2 Å². The second-order valence-corrected chi connectivity index (χ2v) is 5.67. The van der Waals surface area contributed by atoms with E-state index in [1.54, 1.807) is 12.1 Å². The molecule has 0 spiro atoms. The summed E-state index contributed by atoms with van der Waals surface area (Å²) in [7, 11) is 0. The predicted molar refractivity (Wildman–Crippen MR) is 91.1 cm³/mol. The number of imide groups is 1. The highest BCUT2D eigenvalue weighted by atomic mass is 16.5. The van der Waals surface area contributed by atoms with Gasteiger partial charge >= 0.3 is 5.97 Å². The number of ether oxygens (including phenoxy) is 1. The zero-order valence-corrected chi connectivity index (χ0v) is 13.8. The SMILES string of the molecule is O=C(COC(=O)CN1C(=O)c2ccccc2C1=O)NCc1ccccc1. The molecule has 3 rings (SSSR count). The number of carbonyl (C=O) groups is 4. The molecule has 26 heavy (non-hydrogen) atoms. The Morgan fingerprint density at radius 3 is 2.08 bits per heavy atom. The van der Waals surface area contributed by atoms with Crippen LogP contribution >= 0.6 is 0 Å². The van der Waals surface area contributed by atoms with Gasteiger partial charge in [0.25, 0.3) is 17.7 Å². The first-order valence-corrected chi connectivity index (χ1v) is 7.97. The fourth-order valence-corrected chi connectivity index (χ4v) is 2.55. The third kappa shape index (κ3) is 3.77. The molecule has 1 aliphatic heterocycles. The number of benzene rings is 2. The van der Waals surface area contributed by atoms with Gasteiger partial charge in [-0.25, -0.2) is 0 Å². The molecule has 0 radical (unpaired) electrons. The zero-order valence-electron chi connectivity index (χ0n) is 13.8. The van der Waals surface area contributed by atoms with E-state index in [0.29, 0.717) is 6.54 Å². The standard InChI is InChI=1S/C19H16N2O5/c22-16(20-10-13-6-2-1-3-7-13)12-26-17(23)11-21-18(24)14-8-4-5-9-15(14)19(21)25/h1-9H,10-12H2,(H,20,22). The van der Waals surface area contributed by atoms with Crippen molar-refractivity contribution >= 4 is 23.7 Å². The van der Waals surface area contributed by atoms with Gasteiger partial charge in [0.15, 0.2) is 6.61 Å². The molecular weight excluding hydrogens is 336 g/mol. The predicted octanol–water partition coefficient (Wildman–Crippen LogP) is 1.14. The van der Waals surface area contributed by atoms with Crippen LogP contribution in [-0.2, 0) is 20.9 Å². The van der Waals surface area contributed by atoms with E-state index in [1.807, 2.05) is 30.3 Å². The average molecular weight is 352 g/mol. The molecule has 132 valence electrons. The third-order valence-electron chi connectivity index (χ3n) is 3.86. The lowest BCUT2D eigenvalue weighted by Gasteiger charge is -2.13. The van der Waals surface area contributed by atoms with E-state index in [1.165, 1.54) is 12.1 Å². The summed E-state index contributed by atoms with van der Waals surface area (Å²) >= 11 is 0. The highest BCUT2D eigenvalue weighted by Crippen LogP contribution is 2.21. The molecule has 7 heteroatoms. The fraction of sp³-hybridized carbons (Fsp3) is 0.158. The molecule has 0 atom stereocenters. The quantitative estimate of drug-likeness (QED) is 0.622. The van der Waals surface area contributed by atoms with Gasteiger partial charge in [0, 0.05) is 6.54 Å². The Morgan fingerprint density at radius 2 is 1.46 bits per heavy atom. The second kappa shape index (κ2) is 7.60. The van der Waals surface area contributed by atoms with Crippen molar-refractivity contribution in [2.24, 2.45) is 0 Å². The number of esters is 1. The average Bonchev–Trinajstić information content (AvgIpc) is 2.91. The highest BCUT2D eigenvalue weighted by molar-refractivity contribution is 6.22. The van der Waals surface area contributed by atoms with Crippen LogP contribution in [0.4, 0.5) is 0 Å². The topological polar surface area (TPSA) is 92.8 Å². The first kappa shape index (κ1) is 17.3. The Bertz CT molecular complexity index is 828. The Kier molecular flexibility index (Phi) is 5.07. The van der Waals surface area contributed by atoms with E-state index >= 15 is 0 Å². The summed E-state index contributed by atoms with van der Waals surface area (Å²) in [5, 5.41) is 2.62. The normalized spacial score (nSPS) is 12.7. The maximum absolute atomic E-state index is 12.2. The van der Waals surface area contributed by atoms with Crippen molar-refractivity contribution in [1.82, 2.24) is 10.2 Å². The van der Waals surface area contributed by atoms with Crippen molar-refractivity contribution in [3.05, 3.63) is 71.3 Å². The van der Waals surface area contributed by atoms with Crippen molar-refractivity contribution in [1.29, 1.82) is 0 Å². The molecule has 7 nitrogen and oxygen atoms in total.